The lowest BCUT2D eigenvalue weighted by molar-refractivity contribution is 0.0827. The van der Waals surface area contributed by atoms with E-state index >= 15 is 0 Å². The third-order valence-corrected chi connectivity index (χ3v) is 6.89. The molecule has 0 heterocycles. The summed E-state index contributed by atoms with van der Waals surface area (Å²) in [6.45, 7) is 12.1. The molecule has 0 aliphatic heterocycles. The largest absolute Gasteiger partial charge is 0.392 e. The predicted molar refractivity (Wildman–Crippen MR) is 144 cm³/mol. The molecule has 0 saturated heterocycles. The van der Waals surface area contributed by atoms with Crippen molar-refractivity contribution in [2.45, 2.75) is 50.9 Å². The van der Waals surface area contributed by atoms with E-state index < -0.39 is 5.41 Å². The van der Waals surface area contributed by atoms with Crippen LogP contribution in [0.15, 0.2) is 59.3 Å². The van der Waals surface area contributed by atoms with Gasteiger partial charge in [0.05, 0.1) is 5.41 Å². The van der Waals surface area contributed by atoms with Crippen molar-refractivity contribution >= 4 is 11.7 Å². The number of amides is 1. The maximum absolute atomic E-state index is 12.7. The first-order valence-electron chi connectivity index (χ1n) is 12.3. The van der Waals surface area contributed by atoms with Crippen LogP contribution in [0.5, 0.6) is 0 Å². The van der Waals surface area contributed by atoms with Crippen LogP contribution in [-0.4, -0.2) is 57.9 Å². The van der Waals surface area contributed by atoms with E-state index in [-0.39, 0.29) is 5.91 Å². The molecule has 0 spiro atoms. The second-order valence-electron chi connectivity index (χ2n) is 9.10. The molecule has 0 fully saturated rings. The van der Waals surface area contributed by atoms with Gasteiger partial charge in [-0.15, -0.1) is 0 Å². The highest BCUT2D eigenvalue weighted by atomic mass is 16.2. The summed E-state index contributed by atoms with van der Waals surface area (Å²) in [5, 5.41) is 6.64. The molecule has 1 aliphatic carbocycles. The number of aryl methyl sites for hydroxylation is 1. The highest BCUT2D eigenvalue weighted by Gasteiger charge is 2.43. The Labute approximate surface area is 206 Å². The van der Waals surface area contributed by atoms with Crippen molar-refractivity contribution < 1.29 is 4.79 Å². The summed E-state index contributed by atoms with van der Waals surface area (Å²) in [7, 11) is 7.25. The summed E-state index contributed by atoms with van der Waals surface area (Å²) in [6.07, 6.45) is 7.19. The van der Waals surface area contributed by atoms with Crippen molar-refractivity contribution in [1.82, 2.24) is 15.5 Å². The minimum Gasteiger partial charge on any atom is -0.392 e. The fraction of sp³-hybridized carbons (Fsp3) is 0.500. The number of aliphatic imine (C=N–C) groups is 1. The molecule has 34 heavy (non-hydrogen) atoms. The van der Waals surface area contributed by atoms with E-state index in [4.69, 9.17) is 5.73 Å². The molecule has 0 aromatic heterocycles. The smallest absolute Gasteiger partial charge is 0.253 e. The van der Waals surface area contributed by atoms with Crippen molar-refractivity contribution in [2.24, 2.45) is 10.7 Å². The van der Waals surface area contributed by atoms with Gasteiger partial charge in [0.25, 0.3) is 5.91 Å². The van der Waals surface area contributed by atoms with Crippen molar-refractivity contribution in [3.63, 3.8) is 0 Å². The van der Waals surface area contributed by atoms with Gasteiger partial charge < -0.3 is 21.3 Å². The third kappa shape index (κ3) is 5.79. The fourth-order valence-corrected chi connectivity index (χ4v) is 5.02. The Morgan fingerprint density at radius 2 is 2.06 bits per heavy atom. The quantitative estimate of drug-likeness (QED) is 0.248. The lowest BCUT2D eigenvalue weighted by Crippen LogP contribution is -2.46. The Balaban J connectivity index is 2.74. The molecule has 0 saturated carbocycles. The second-order valence-corrected chi connectivity index (χ2v) is 9.10. The highest BCUT2D eigenvalue weighted by molar-refractivity contribution is 5.97. The Morgan fingerprint density at radius 3 is 2.65 bits per heavy atom. The molecule has 0 bridgehead atoms. The Bertz CT molecular complexity index is 960. The third-order valence-electron chi connectivity index (χ3n) is 6.89. The van der Waals surface area contributed by atoms with Gasteiger partial charge >= 0.3 is 0 Å². The van der Waals surface area contributed by atoms with Crippen LogP contribution in [0.1, 0.15) is 60.5 Å². The van der Waals surface area contributed by atoms with Crippen LogP contribution in [0, 0.1) is 0 Å². The number of benzene rings is 1. The average Bonchev–Trinajstić information content (AvgIpc) is 2.97. The number of carbonyl (C=O) groups is 1. The number of hydrogen-bond donors (Lipinski definition) is 3. The molecule has 4 N–H and O–H groups in total. The van der Waals surface area contributed by atoms with Gasteiger partial charge in [-0.25, -0.2) is 0 Å². The summed E-state index contributed by atoms with van der Waals surface area (Å²) in [5.41, 5.74) is 12.8. The number of nitrogens with one attached hydrogen (secondary N) is 2. The standard InChI is InChI=1S/C28H43N5O/c1-8-21-13-14-22-19-23(26(34)33(6)7)15-16-25(22)28(27(29)31-5,17-18-32-9-2)24(21)12-10-11-20(3)30-4/h8,15-16,19,30,32H,1,3,9-14,17-18H2,2,4-7H3,(H2,29,31). The zero-order valence-corrected chi connectivity index (χ0v) is 21.8. The summed E-state index contributed by atoms with van der Waals surface area (Å²) >= 11 is 0. The number of nitrogens with two attached hydrogens (primary N) is 1. The Hall–Kier alpha value is -2.86. The SMILES string of the molecule is C=CC1=C(CCCC(=C)NC)C(CCNCC)(C(N)=NC)c2ccc(C(=O)N(C)C)cc2CC1. The summed E-state index contributed by atoms with van der Waals surface area (Å²) in [4.78, 5) is 18.9. The molecule has 1 aromatic carbocycles. The monoisotopic (exact) mass is 465 g/mol. The molecule has 186 valence electrons. The van der Waals surface area contributed by atoms with Crippen LogP contribution in [0.2, 0.25) is 0 Å². The lowest BCUT2D eigenvalue weighted by Gasteiger charge is -2.38. The normalized spacial score (nSPS) is 18.2. The minimum atomic E-state index is -0.549. The van der Waals surface area contributed by atoms with Gasteiger partial charge in [0.2, 0.25) is 0 Å². The summed E-state index contributed by atoms with van der Waals surface area (Å²) < 4.78 is 0. The summed E-state index contributed by atoms with van der Waals surface area (Å²) in [6, 6.07) is 6.09. The van der Waals surface area contributed by atoms with Crippen LogP contribution in [0.25, 0.3) is 0 Å². The van der Waals surface area contributed by atoms with Gasteiger partial charge in [-0.2, -0.15) is 0 Å². The van der Waals surface area contributed by atoms with Crippen LogP contribution < -0.4 is 16.4 Å². The molecule has 1 aliphatic rings. The molecule has 0 radical (unpaired) electrons. The molecule has 1 amide bonds. The number of allylic oxidation sites excluding steroid dienone is 3. The molecular formula is C28H43N5O. The molecule has 1 aromatic rings. The van der Waals surface area contributed by atoms with E-state index in [1.807, 2.05) is 19.2 Å². The first-order chi connectivity index (χ1) is 16.3. The van der Waals surface area contributed by atoms with Crippen molar-refractivity contribution in [3.8, 4) is 0 Å². The van der Waals surface area contributed by atoms with E-state index in [1.165, 1.54) is 11.1 Å². The van der Waals surface area contributed by atoms with Crippen molar-refractivity contribution in [3.05, 3.63) is 71.0 Å². The molecule has 1 atom stereocenters. The van der Waals surface area contributed by atoms with Gasteiger partial charge in [-0.1, -0.05) is 32.2 Å². The first-order valence-corrected chi connectivity index (χ1v) is 12.3. The van der Waals surface area contributed by atoms with Gasteiger partial charge in [-0.3, -0.25) is 9.79 Å². The number of amidine groups is 1. The fourth-order valence-electron chi connectivity index (χ4n) is 5.02. The van der Waals surface area contributed by atoms with Crippen LogP contribution in [-0.2, 0) is 11.8 Å². The van der Waals surface area contributed by atoms with Crippen molar-refractivity contribution in [1.29, 1.82) is 0 Å². The maximum Gasteiger partial charge on any atom is 0.253 e. The highest BCUT2D eigenvalue weighted by Crippen LogP contribution is 2.45. The van der Waals surface area contributed by atoms with E-state index in [0.717, 1.165) is 68.4 Å². The average molecular weight is 466 g/mol. The van der Waals surface area contributed by atoms with Crippen LogP contribution in [0.4, 0.5) is 0 Å². The number of fused-ring (bicyclic) bond motifs is 1. The van der Waals surface area contributed by atoms with E-state index in [2.05, 4.69) is 47.8 Å². The Kier molecular flexibility index (Phi) is 10.1. The molecule has 6 heteroatoms. The number of nitrogens with zero attached hydrogens (tertiary/aromatic N) is 2. The molecular weight excluding hydrogens is 422 g/mol. The number of hydrogen-bond acceptors (Lipinski definition) is 4. The van der Waals surface area contributed by atoms with Gasteiger partial charge in [0, 0.05) is 39.5 Å². The molecule has 1 unspecified atom stereocenters. The first kappa shape index (κ1) is 27.4. The zero-order valence-electron chi connectivity index (χ0n) is 21.8. The van der Waals surface area contributed by atoms with Gasteiger partial charge in [0.1, 0.15) is 5.84 Å². The van der Waals surface area contributed by atoms with E-state index in [0.29, 0.717) is 11.4 Å². The summed E-state index contributed by atoms with van der Waals surface area (Å²) in [5.74, 6) is 0.618. The molecule has 2 rings (SSSR count). The maximum atomic E-state index is 12.7. The lowest BCUT2D eigenvalue weighted by atomic mass is 9.67. The predicted octanol–water partition coefficient (Wildman–Crippen LogP) is 3.95. The number of rotatable bonds is 12. The zero-order chi connectivity index (χ0) is 25.3. The Morgan fingerprint density at radius 1 is 1.32 bits per heavy atom. The van der Waals surface area contributed by atoms with Gasteiger partial charge in [0.15, 0.2) is 0 Å². The second kappa shape index (κ2) is 12.6. The number of carbonyl (C=O) groups excluding carboxylic acids is 1. The van der Waals surface area contributed by atoms with Crippen LogP contribution in [0.3, 0.4) is 0 Å². The van der Waals surface area contributed by atoms with Crippen LogP contribution >= 0.6 is 0 Å². The molecule has 6 nitrogen and oxygen atoms in total. The van der Waals surface area contributed by atoms with E-state index in [1.54, 1.807) is 26.0 Å². The van der Waals surface area contributed by atoms with E-state index in [9.17, 15) is 4.79 Å². The topological polar surface area (TPSA) is 82.7 Å². The van der Waals surface area contributed by atoms with Crippen molar-refractivity contribution in [2.75, 3.05) is 41.3 Å². The minimum absolute atomic E-state index is 0.00475. The van der Waals surface area contributed by atoms with Gasteiger partial charge in [-0.05, 0) is 86.0 Å².